The molecule has 0 saturated heterocycles. The van der Waals surface area contributed by atoms with Crippen molar-refractivity contribution < 1.29 is 27.4 Å². The molecule has 0 saturated carbocycles. The largest absolute Gasteiger partial charge is 0.493 e. The van der Waals surface area contributed by atoms with E-state index in [0.29, 0.717) is 22.5 Å². The highest BCUT2D eigenvalue weighted by molar-refractivity contribution is 5.90. The monoisotopic (exact) mass is 390 g/mol. The molecule has 0 radical (unpaired) electrons. The summed E-state index contributed by atoms with van der Waals surface area (Å²) in [6.45, 7) is 5.16. The highest BCUT2D eigenvalue weighted by atomic mass is 19.4. The Bertz CT molecular complexity index is 851. The molecule has 0 aliphatic heterocycles. The van der Waals surface area contributed by atoms with Crippen molar-refractivity contribution in [3.63, 3.8) is 0 Å². The van der Waals surface area contributed by atoms with Gasteiger partial charge in [0.1, 0.15) is 11.9 Å². The van der Waals surface area contributed by atoms with Gasteiger partial charge >= 0.3 is 12.1 Å². The lowest BCUT2D eigenvalue weighted by molar-refractivity contribution is -0.137. The van der Waals surface area contributed by atoms with Gasteiger partial charge in [0.25, 0.3) is 0 Å². The molecule has 0 spiro atoms. The van der Waals surface area contributed by atoms with Crippen LogP contribution in [0.1, 0.15) is 48.4 Å². The van der Waals surface area contributed by atoms with Crippen molar-refractivity contribution in [2.45, 2.75) is 33.1 Å². The summed E-state index contributed by atoms with van der Waals surface area (Å²) in [5.74, 6) is -0.147. The van der Waals surface area contributed by atoms with E-state index < -0.39 is 23.8 Å². The lowest BCUT2D eigenvalue weighted by Crippen LogP contribution is -2.06. The molecule has 2 rings (SSSR count). The van der Waals surface area contributed by atoms with Crippen molar-refractivity contribution in [1.82, 2.24) is 0 Å². The zero-order valence-corrected chi connectivity index (χ0v) is 15.8. The van der Waals surface area contributed by atoms with Crippen LogP contribution in [0.4, 0.5) is 13.2 Å². The second kappa shape index (κ2) is 9.26. The molecule has 3 nitrogen and oxygen atoms in total. The molecule has 0 aliphatic rings. The van der Waals surface area contributed by atoms with E-state index in [1.165, 1.54) is 18.4 Å². The number of halogens is 3. The molecule has 148 valence electrons. The van der Waals surface area contributed by atoms with Crippen molar-refractivity contribution >= 4 is 5.97 Å². The first-order valence-corrected chi connectivity index (χ1v) is 8.65. The fraction of sp³-hybridized carbons (Fsp3) is 0.227. The third kappa shape index (κ3) is 5.74. The van der Waals surface area contributed by atoms with Gasteiger partial charge in [-0.05, 0) is 56.7 Å². The van der Waals surface area contributed by atoms with Gasteiger partial charge in [0, 0.05) is 5.57 Å². The van der Waals surface area contributed by atoms with Crippen LogP contribution >= 0.6 is 0 Å². The molecule has 0 amide bonds. The van der Waals surface area contributed by atoms with E-state index in [1.807, 2.05) is 0 Å². The van der Waals surface area contributed by atoms with Gasteiger partial charge in [-0.1, -0.05) is 30.3 Å². The van der Waals surface area contributed by atoms with Crippen LogP contribution in [-0.4, -0.2) is 5.97 Å². The van der Waals surface area contributed by atoms with Crippen molar-refractivity contribution in [3.05, 3.63) is 95.0 Å². The molecular weight excluding hydrogens is 369 g/mol. The lowest BCUT2D eigenvalue weighted by atomic mass is 10.1. The van der Waals surface area contributed by atoms with Gasteiger partial charge in [-0.2, -0.15) is 13.2 Å². The molecule has 0 heterocycles. The van der Waals surface area contributed by atoms with Crippen molar-refractivity contribution in [3.8, 4) is 0 Å². The molecule has 0 fully saturated rings. The number of esters is 1. The molecule has 6 heteroatoms. The highest BCUT2D eigenvalue weighted by Gasteiger charge is 2.30. The Morgan fingerprint density at radius 2 is 1.64 bits per heavy atom. The Labute approximate surface area is 162 Å². The smallest absolute Gasteiger partial charge is 0.416 e. The van der Waals surface area contributed by atoms with Gasteiger partial charge in [0.2, 0.25) is 0 Å². The Balaban J connectivity index is 2.02. The third-order valence-electron chi connectivity index (χ3n) is 4.02. The Morgan fingerprint density at radius 3 is 2.18 bits per heavy atom. The highest BCUT2D eigenvalue weighted by Crippen LogP contribution is 2.30. The maximum Gasteiger partial charge on any atom is 0.416 e. The molecular formula is C22H21F3O3. The van der Waals surface area contributed by atoms with Crippen LogP contribution < -0.4 is 0 Å². The summed E-state index contributed by atoms with van der Waals surface area (Å²) >= 11 is 0. The lowest BCUT2D eigenvalue weighted by Gasteiger charge is -2.15. The van der Waals surface area contributed by atoms with Crippen LogP contribution in [0.2, 0.25) is 0 Å². The van der Waals surface area contributed by atoms with E-state index in [2.05, 4.69) is 0 Å². The van der Waals surface area contributed by atoms with Crippen molar-refractivity contribution in [1.29, 1.82) is 0 Å². The van der Waals surface area contributed by atoms with Gasteiger partial charge in [-0.25, -0.2) is 4.79 Å². The molecule has 2 aromatic carbocycles. The molecule has 0 aromatic heterocycles. The maximum atomic E-state index is 12.6. The summed E-state index contributed by atoms with van der Waals surface area (Å²) in [5, 5.41) is 0. The number of benzene rings is 2. The van der Waals surface area contributed by atoms with Gasteiger partial charge in [-0.3, -0.25) is 0 Å². The van der Waals surface area contributed by atoms with Crippen LogP contribution in [-0.2, 0) is 15.7 Å². The Morgan fingerprint density at radius 1 is 1.04 bits per heavy atom. The van der Waals surface area contributed by atoms with Gasteiger partial charge < -0.3 is 9.47 Å². The Hall–Kier alpha value is -3.02. The zero-order chi connectivity index (χ0) is 20.7. The van der Waals surface area contributed by atoms with E-state index in [0.717, 1.165) is 12.1 Å². The van der Waals surface area contributed by atoms with Crippen LogP contribution in [0.5, 0.6) is 0 Å². The van der Waals surface area contributed by atoms with E-state index >= 15 is 0 Å². The number of alkyl halides is 3. The van der Waals surface area contributed by atoms with Crippen LogP contribution in [0.25, 0.3) is 0 Å². The van der Waals surface area contributed by atoms with Gasteiger partial charge in [0.15, 0.2) is 0 Å². The number of allylic oxidation sites excluding steroid dienone is 2. The summed E-state index contributed by atoms with van der Waals surface area (Å²) < 4.78 is 48.9. The summed E-state index contributed by atoms with van der Waals surface area (Å²) in [7, 11) is 0. The topological polar surface area (TPSA) is 35.5 Å². The summed E-state index contributed by atoms with van der Waals surface area (Å²) in [4.78, 5) is 12.2. The normalized spacial score (nSPS) is 13.8. The van der Waals surface area contributed by atoms with Crippen LogP contribution in [0, 0.1) is 0 Å². The quantitative estimate of drug-likeness (QED) is 0.323. The minimum Gasteiger partial charge on any atom is -0.493 e. The molecule has 0 N–H and O–H groups in total. The first-order chi connectivity index (χ1) is 13.2. The minimum absolute atomic E-state index is 0.341. The average molecular weight is 390 g/mol. The number of rotatable bonds is 6. The van der Waals surface area contributed by atoms with E-state index in [-0.39, 0.29) is 0 Å². The maximum absolute atomic E-state index is 12.6. The average Bonchev–Trinajstić information content (AvgIpc) is 2.69. The molecule has 0 aliphatic carbocycles. The van der Waals surface area contributed by atoms with Crippen molar-refractivity contribution in [2.75, 3.05) is 0 Å². The number of hydrogen-bond donors (Lipinski definition) is 0. The summed E-state index contributed by atoms with van der Waals surface area (Å²) in [6, 6.07) is 13.4. The molecule has 1 atom stereocenters. The summed E-state index contributed by atoms with van der Waals surface area (Å²) in [6.07, 6.45) is -1.78. The van der Waals surface area contributed by atoms with Crippen molar-refractivity contribution in [2.24, 2.45) is 0 Å². The Kier molecular flexibility index (Phi) is 7.04. The van der Waals surface area contributed by atoms with Crippen LogP contribution in [0.3, 0.4) is 0 Å². The number of carbonyl (C=O) groups is 1. The fourth-order valence-corrected chi connectivity index (χ4v) is 2.38. The second-order valence-electron chi connectivity index (χ2n) is 6.11. The fourth-order valence-electron chi connectivity index (χ4n) is 2.38. The number of carbonyl (C=O) groups excluding carboxylic acids is 1. The third-order valence-corrected chi connectivity index (χ3v) is 4.02. The molecule has 0 bridgehead atoms. The SMILES string of the molecule is C/C=C(OC(=O)c1ccccc1)/C(C)=C\O[C@H](C)c1ccc(C(F)(F)F)cc1. The predicted octanol–water partition coefficient (Wildman–Crippen LogP) is 6.45. The molecule has 2 aromatic rings. The zero-order valence-electron chi connectivity index (χ0n) is 15.8. The van der Waals surface area contributed by atoms with E-state index in [4.69, 9.17) is 9.47 Å². The standard InChI is InChI=1S/C22H21F3O3/c1-4-20(28-21(26)18-8-6-5-7-9-18)15(2)14-27-16(3)17-10-12-19(13-11-17)22(23,24)25/h4-14,16H,1-3H3/b15-14-,20-4-/t16-/m1/s1. The molecule has 0 unspecified atom stereocenters. The number of ether oxygens (including phenoxy) is 2. The number of hydrogen-bond acceptors (Lipinski definition) is 3. The van der Waals surface area contributed by atoms with E-state index in [9.17, 15) is 18.0 Å². The molecule has 28 heavy (non-hydrogen) atoms. The summed E-state index contributed by atoms with van der Waals surface area (Å²) in [5.41, 5.74) is 0.888. The van der Waals surface area contributed by atoms with Crippen LogP contribution in [0.15, 0.2) is 78.3 Å². The van der Waals surface area contributed by atoms with E-state index in [1.54, 1.807) is 57.2 Å². The predicted molar refractivity (Wildman–Crippen MR) is 100 cm³/mol. The first kappa shape index (κ1) is 21.3. The van der Waals surface area contributed by atoms with Gasteiger partial charge in [0.05, 0.1) is 17.4 Å². The first-order valence-electron chi connectivity index (χ1n) is 8.65. The second-order valence-corrected chi connectivity index (χ2v) is 6.11. The van der Waals surface area contributed by atoms with Gasteiger partial charge in [-0.15, -0.1) is 0 Å². The minimum atomic E-state index is -4.37.